The number of carbonyl (C=O) groups excluding carboxylic acids is 1. The third-order valence-electron chi connectivity index (χ3n) is 9.16. The molecule has 0 radical (unpaired) electrons. The zero-order valence-electron chi connectivity index (χ0n) is 21.6. The Bertz CT molecular complexity index is 630. The predicted molar refractivity (Wildman–Crippen MR) is 138 cm³/mol. The summed E-state index contributed by atoms with van der Waals surface area (Å²) in [5, 5.41) is 33.6. The number of likely N-dealkylation sites (tertiary alicyclic amines) is 1. The highest BCUT2D eigenvalue weighted by Crippen LogP contribution is 2.60. The van der Waals surface area contributed by atoms with Crippen molar-refractivity contribution in [3.63, 3.8) is 0 Å². The molecule has 0 spiro atoms. The highest BCUT2D eigenvalue weighted by atomic mass is 35.5. The van der Waals surface area contributed by atoms with E-state index in [0.717, 1.165) is 69.5 Å². The van der Waals surface area contributed by atoms with E-state index in [2.05, 4.69) is 12.2 Å². The lowest BCUT2D eigenvalue weighted by Crippen LogP contribution is -2.50. The van der Waals surface area contributed by atoms with Crippen molar-refractivity contribution in [2.45, 2.75) is 108 Å². The second kappa shape index (κ2) is 13.4. The maximum atomic E-state index is 12.7. The van der Waals surface area contributed by atoms with Crippen molar-refractivity contribution in [2.75, 3.05) is 32.9 Å². The molecule has 8 heteroatoms. The topological polar surface area (TPSA) is 102 Å². The maximum Gasteiger partial charge on any atom is 0.240 e. The van der Waals surface area contributed by atoms with Crippen LogP contribution < -0.4 is 5.32 Å². The van der Waals surface area contributed by atoms with Crippen LogP contribution in [-0.4, -0.2) is 83.3 Å². The van der Waals surface area contributed by atoms with Crippen molar-refractivity contribution in [2.24, 2.45) is 23.2 Å². The van der Waals surface area contributed by atoms with E-state index in [-0.39, 0.29) is 24.9 Å². The summed E-state index contributed by atoms with van der Waals surface area (Å²) in [5.41, 5.74) is 0.461. The van der Waals surface area contributed by atoms with Crippen LogP contribution in [0.4, 0.5) is 0 Å². The lowest BCUT2D eigenvalue weighted by atomic mass is 9.50. The number of carbonyl (C=O) groups is 1. The third kappa shape index (κ3) is 6.91. The lowest BCUT2D eigenvalue weighted by Gasteiger charge is -2.56. The van der Waals surface area contributed by atoms with Crippen LogP contribution in [0.1, 0.15) is 84.0 Å². The average molecular weight is 517 g/mol. The molecule has 1 aliphatic heterocycles. The number of ether oxygens (including phenoxy) is 1. The molecule has 0 unspecified atom stereocenters. The Morgan fingerprint density at radius 3 is 2.23 bits per heavy atom. The minimum Gasteiger partial charge on any atom is -0.395 e. The van der Waals surface area contributed by atoms with Gasteiger partial charge >= 0.3 is 0 Å². The van der Waals surface area contributed by atoms with Gasteiger partial charge in [0.05, 0.1) is 25.4 Å². The second-order valence-corrected chi connectivity index (χ2v) is 11.9. The van der Waals surface area contributed by atoms with Crippen LogP contribution in [-0.2, 0) is 9.53 Å². The number of aliphatic hydroxyl groups excluding tert-OH is 3. The molecule has 1 saturated heterocycles. The summed E-state index contributed by atoms with van der Waals surface area (Å²) < 4.78 is 6.19. The first-order valence-electron chi connectivity index (χ1n) is 14.0. The highest BCUT2D eigenvalue weighted by Gasteiger charge is 2.51. The largest absolute Gasteiger partial charge is 0.395 e. The number of rotatable bonds is 14. The van der Waals surface area contributed by atoms with E-state index >= 15 is 0 Å². The summed E-state index contributed by atoms with van der Waals surface area (Å²) in [6, 6.07) is -1.41. The van der Waals surface area contributed by atoms with Crippen molar-refractivity contribution in [3.8, 4) is 0 Å². The molecule has 4 aliphatic carbocycles. The molecule has 1 heterocycles. The standard InChI is InChI=1S/C27H48N2O5.ClH/c1-2-3-5-8-28-26(33)23-25(32)24(31)22(17-30)29(23)9-6-4-7-10-34-18-27-14-19-11-20(15-27)13-21(12-19)16-27;/h19-25,30-32H,2-18H2,1H3,(H,28,33);1H/t19?,20?,21?,22-,23-,24+,25-,27?;/m1./s1. The van der Waals surface area contributed by atoms with E-state index in [0.29, 0.717) is 18.5 Å². The number of amides is 1. The summed E-state index contributed by atoms with van der Waals surface area (Å²) in [6.07, 6.45) is 12.0. The fourth-order valence-electron chi connectivity index (χ4n) is 7.96. The zero-order valence-corrected chi connectivity index (χ0v) is 22.4. The summed E-state index contributed by atoms with van der Waals surface area (Å²) in [7, 11) is 0. The minimum atomic E-state index is -1.17. The molecular weight excluding hydrogens is 468 g/mol. The summed E-state index contributed by atoms with van der Waals surface area (Å²) in [5.74, 6) is 2.62. The first-order chi connectivity index (χ1) is 16.5. The Hall–Kier alpha value is -0.440. The molecule has 4 saturated carbocycles. The first-order valence-corrected chi connectivity index (χ1v) is 14.0. The first kappa shape index (κ1) is 29.1. The summed E-state index contributed by atoms with van der Waals surface area (Å²) >= 11 is 0. The minimum absolute atomic E-state index is 0. The number of nitrogens with zero attached hydrogens (tertiary/aromatic N) is 1. The molecule has 4 atom stereocenters. The molecule has 5 aliphatic rings. The van der Waals surface area contributed by atoms with E-state index < -0.39 is 24.3 Å². The Balaban J connectivity index is 0.00000342. The van der Waals surface area contributed by atoms with Crippen LogP contribution in [0.3, 0.4) is 0 Å². The summed E-state index contributed by atoms with van der Waals surface area (Å²) in [4.78, 5) is 14.6. The van der Waals surface area contributed by atoms with Gasteiger partial charge in [-0.25, -0.2) is 0 Å². The number of aliphatic hydroxyl groups is 3. The van der Waals surface area contributed by atoms with Crippen LogP contribution >= 0.6 is 12.4 Å². The molecule has 0 aromatic heterocycles. The van der Waals surface area contributed by atoms with Crippen molar-refractivity contribution in [3.05, 3.63) is 0 Å². The molecule has 35 heavy (non-hydrogen) atoms. The number of nitrogens with one attached hydrogen (secondary N) is 1. The van der Waals surface area contributed by atoms with Gasteiger partial charge in [-0.05, 0) is 93.9 Å². The Morgan fingerprint density at radius 1 is 0.971 bits per heavy atom. The van der Waals surface area contributed by atoms with Crippen LogP contribution in [0.25, 0.3) is 0 Å². The van der Waals surface area contributed by atoms with Gasteiger partial charge < -0.3 is 25.4 Å². The molecule has 4 N–H and O–H groups in total. The fraction of sp³-hybridized carbons (Fsp3) is 0.963. The molecular formula is C27H49ClN2O5. The second-order valence-electron chi connectivity index (χ2n) is 11.9. The smallest absolute Gasteiger partial charge is 0.240 e. The SMILES string of the molecule is CCCCCNC(=O)[C@H]1[C@@H](O)[C@@H](O)[C@@H](CO)N1CCCCCOCC12CC3CC(CC(C3)C1)C2.Cl. The zero-order chi connectivity index (χ0) is 24.1. The van der Waals surface area contributed by atoms with Gasteiger partial charge in [0.15, 0.2) is 0 Å². The predicted octanol–water partition coefficient (Wildman–Crippen LogP) is 2.88. The Kier molecular flexibility index (Phi) is 11.1. The van der Waals surface area contributed by atoms with E-state index in [1.54, 1.807) is 4.90 Å². The molecule has 1 amide bonds. The Labute approximate surface area is 217 Å². The van der Waals surface area contributed by atoms with Gasteiger partial charge in [-0.2, -0.15) is 0 Å². The van der Waals surface area contributed by atoms with E-state index in [1.807, 2.05) is 0 Å². The van der Waals surface area contributed by atoms with Crippen LogP contribution in [0, 0.1) is 23.2 Å². The van der Waals surface area contributed by atoms with Gasteiger partial charge in [-0.15, -0.1) is 12.4 Å². The van der Waals surface area contributed by atoms with Crippen molar-refractivity contribution >= 4 is 18.3 Å². The van der Waals surface area contributed by atoms with Crippen LogP contribution in [0.15, 0.2) is 0 Å². The number of halogens is 1. The third-order valence-corrected chi connectivity index (χ3v) is 9.16. The van der Waals surface area contributed by atoms with E-state index in [1.165, 1.54) is 38.5 Å². The van der Waals surface area contributed by atoms with E-state index in [4.69, 9.17) is 4.74 Å². The molecule has 4 bridgehead atoms. The monoisotopic (exact) mass is 516 g/mol. The van der Waals surface area contributed by atoms with Crippen molar-refractivity contribution in [1.82, 2.24) is 10.2 Å². The van der Waals surface area contributed by atoms with Crippen molar-refractivity contribution < 1.29 is 24.9 Å². The van der Waals surface area contributed by atoms with Gasteiger partial charge in [0.1, 0.15) is 12.1 Å². The normalized spacial score (nSPS) is 38.0. The quantitative estimate of drug-likeness (QED) is 0.265. The number of hydrogen-bond acceptors (Lipinski definition) is 6. The number of unbranched alkanes of at least 4 members (excludes halogenated alkanes) is 4. The molecule has 0 aromatic rings. The van der Waals surface area contributed by atoms with Crippen molar-refractivity contribution in [1.29, 1.82) is 0 Å². The van der Waals surface area contributed by atoms with Gasteiger partial charge in [-0.3, -0.25) is 9.69 Å². The van der Waals surface area contributed by atoms with Crippen LogP contribution in [0.2, 0.25) is 0 Å². The van der Waals surface area contributed by atoms with Gasteiger partial charge in [0, 0.05) is 13.2 Å². The number of hydrogen-bond donors (Lipinski definition) is 4. The maximum absolute atomic E-state index is 12.7. The Morgan fingerprint density at radius 2 is 1.63 bits per heavy atom. The fourth-order valence-corrected chi connectivity index (χ4v) is 7.96. The van der Waals surface area contributed by atoms with Gasteiger partial charge in [0.25, 0.3) is 0 Å². The van der Waals surface area contributed by atoms with Gasteiger partial charge in [-0.1, -0.05) is 19.8 Å². The molecule has 7 nitrogen and oxygen atoms in total. The molecule has 5 fully saturated rings. The lowest BCUT2D eigenvalue weighted by molar-refractivity contribution is -0.129. The molecule has 0 aromatic carbocycles. The van der Waals surface area contributed by atoms with Crippen LogP contribution in [0.5, 0.6) is 0 Å². The summed E-state index contributed by atoms with van der Waals surface area (Å²) in [6.45, 7) is 4.68. The average Bonchev–Trinajstić information content (AvgIpc) is 3.04. The molecule has 5 rings (SSSR count). The highest BCUT2D eigenvalue weighted by molar-refractivity contribution is 5.85. The van der Waals surface area contributed by atoms with Gasteiger partial charge in [0.2, 0.25) is 5.91 Å². The van der Waals surface area contributed by atoms with E-state index in [9.17, 15) is 20.1 Å². The molecule has 204 valence electrons.